The van der Waals surface area contributed by atoms with Crippen molar-refractivity contribution in [1.82, 2.24) is 4.98 Å². The SMILES string of the molecule is O=[N+]([O-])c1cc(F)cc(OCCCc2ccncc2)c1. The first-order valence-electron chi connectivity index (χ1n) is 6.12. The van der Waals surface area contributed by atoms with Crippen LogP contribution in [0.25, 0.3) is 0 Å². The van der Waals surface area contributed by atoms with Gasteiger partial charge in [0.25, 0.3) is 5.69 Å². The molecule has 2 aromatic rings. The topological polar surface area (TPSA) is 65.3 Å². The Labute approximate surface area is 115 Å². The molecule has 0 radical (unpaired) electrons. The zero-order valence-electron chi connectivity index (χ0n) is 10.7. The van der Waals surface area contributed by atoms with E-state index in [9.17, 15) is 14.5 Å². The predicted octanol–water partition coefficient (Wildman–Crippen LogP) is 3.14. The van der Waals surface area contributed by atoms with E-state index in [2.05, 4.69) is 4.98 Å². The highest BCUT2D eigenvalue weighted by atomic mass is 19.1. The third-order valence-corrected chi connectivity index (χ3v) is 2.69. The van der Waals surface area contributed by atoms with Gasteiger partial charge in [0.05, 0.1) is 23.7 Å². The molecule has 5 nitrogen and oxygen atoms in total. The molecule has 0 unspecified atom stereocenters. The van der Waals surface area contributed by atoms with Gasteiger partial charge in [-0.1, -0.05) is 0 Å². The Kier molecular flexibility index (Phi) is 4.60. The fraction of sp³-hybridized carbons (Fsp3) is 0.214. The van der Waals surface area contributed by atoms with E-state index in [4.69, 9.17) is 4.74 Å². The second kappa shape index (κ2) is 6.60. The van der Waals surface area contributed by atoms with Gasteiger partial charge in [0.1, 0.15) is 11.6 Å². The molecule has 0 atom stereocenters. The van der Waals surface area contributed by atoms with Gasteiger partial charge in [0, 0.05) is 18.5 Å². The molecule has 0 bridgehead atoms. The van der Waals surface area contributed by atoms with Crippen LogP contribution in [0.3, 0.4) is 0 Å². The smallest absolute Gasteiger partial charge is 0.276 e. The molecule has 20 heavy (non-hydrogen) atoms. The van der Waals surface area contributed by atoms with Crippen molar-refractivity contribution >= 4 is 5.69 Å². The van der Waals surface area contributed by atoms with Gasteiger partial charge in [-0.3, -0.25) is 15.1 Å². The van der Waals surface area contributed by atoms with E-state index in [1.165, 1.54) is 6.07 Å². The molecule has 0 saturated carbocycles. The number of nitro groups is 1. The van der Waals surface area contributed by atoms with Gasteiger partial charge in [0.2, 0.25) is 0 Å². The number of aryl methyl sites for hydroxylation is 1. The fourth-order valence-electron chi connectivity index (χ4n) is 1.75. The summed E-state index contributed by atoms with van der Waals surface area (Å²) in [5.41, 5.74) is 0.822. The van der Waals surface area contributed by atoms with Crippen LogP contribution in [-0.2, 0) is 6.42 Å². The van der Waals surface area contributed by atoms with Crippen molar-refractivity contribution in [1.29, 1.82) is 0 Å². The van der Waals surface area contributed by atoms with E-state index in [0.717, 1.165) is 30.5 Å². The van der Waals surface area contributed by atoms with Crippen LogP contribution in [0.15, 0.2) is 42.7 Å². The van der Waals surface area contributed by atoms with Crippen molar-refractivity contribution < 1.29 is 14.1 Å². The number of nitrogens with zero attached hydrogens (tertiary/aromatic N) is 2. The molecule has 1 heterocycles. The Bertz CT molecular complexity index is 590. The molecule has 6 heteroatoms. The predicted molar refractivity (Wildman–Crippen MR) is 71.1 cm³/mol. The van der Waals surface area contributed by atoms with E-state index in [0.29, 0.717) is 6.61 Å². The molecular formula is C14H13FN2O3. The van der Waals surface area contributed by atoms with Crippen LogP contribution in [0.1, 0.15) is 12.0 Å². The van der Waals surface area contributed by atoms with Gasteiger partial charge in [-0.2, -0.15) is 0 Å². The van der Waals surface area contributed by atoms with Crippen molar-refractivity contribution in [2.75, 3.05) is 6.61 Å². The van der Waals surface area contributed by atoms with Crippen LogP contribution < -0.4 is 4.74 Å². The van der Waals surface area contributed by atoms with Crippen molar-refractivity contribution in [2.45, 2.75) is 12.8 Å². The Balaban J connectivity index is 1.86. The summed E-state index contributed by atoms with van der Waals surface area (Å²) in [4.78, 5) is 13.9. The van der Waals surface area contributed by atoms with Gasteiger partial charge < -0.3 is 4.74 Å². The molecule has 1 aromatic heterocycles. The number of halogens is 1. The highest BCUT2D eigenvalue weighted by Gasteiger charge is 2.10. The highest BCUT2D eigenvalue weighted by Crippen LogP contribution is 2.22. The lowest BCUT2D eigenvalue weighted by molar-refractivity contribution is -0.385. The van der Waals surface area contributed by atoms with E-state index in [1.807, 2.05) is 12.1 Å². The second-order valence-electron chi connectivity index (χ2n) is 4.21. The first-order valence-corrected chi connectivity index (χ1v) is 6.12. The summed E-state index contributed by atoms with van der Waals surface area (Å²) in [7, 11) is 0. The van der Waals surface area contributed by atoms with Gasteiger partial charge >= 0.3 is 0 Å². The number of rotatable bonds is 6. The monoisotopic (exact) mass is 276 g/mol. The Morgan fingerprint density at radius 2 is 2.00 bits per heavy atom. The van der Waals surface area contributed by atoms with Crippen molar-refractivity contribution in [2.24, 2.45) is 0 Å². The maximum atomic E-state index is 13.2. The zero-order chi connectivity index (χ0) is 14.4. The standard InChI is InChI=1S/C14H13FN2O3/c15-12-8-13(17(18)19)10-14(9-12)20-7-1-2-11-3-5-16-6-4-11/h3-6,8-10H,1-2,7H2. The molecule has 0 aliphatic heterocycles. The lowest BCUT2D eigenvalue weighted by atomic mass is 10.1. The van der Waals surface area contributed by atoms with Crippen LogP contribution in [0.4, 0.5) is 10.1 Å². The Morgan fingerprint density at radius 1 is 1.25 bits per heavy atom. The van der Waals surface area contributed by atoms with Gasteiger partial charge in [-0.15, -0.1) is 0 Å². The number of benzene rings is 1. The summed E-state index contributed by atoms with van der Waals surface area (Å²) in [5.74, 6) is -0.505. The summed E-state index contributed by atoms with van der Waals surface area (Å²) >= 11 is 0. The number of nitro benzene ring substituents is 1. The second-order valence-corrected chi connectivity index (χ2v) is 4.21. The Hall–Kier alpha value is -2.50. The summed E-state index contributed by atoms with van der Waals surface area (Å²) in [6.07, 6.45) is 4.96. The number of hydrogen-bond donors (Lipinski definition) is 0. The molecule has 0 N–H and O–H groups in total. The molecule has 0 fully saturated rings. The van der Waals surface area contributed by atoms with E-state index < -0.39 is 10.7 Å². The van der Waals surface area contributed by atoms with E-state index in [1.54, 1.807) is 12.4 Å². The maximum Gasteiger partial charge on any atom is 0.276 e. The summed E-state index contributed by atoms with van der Waals surface area (Å²) in [6, 6.07) is 7.04. The zero-order valence-corrected chi connectivity index (χ0v) is 10.7. The highest BCUT2D eigenvalue weighted by molar-refractivity contribution is 5.38. The minimum absolute atomic E-state index is 0.173. The van der Waals surface area contributed by atoms with E-state index >= 15 is 0 Å². The minimum Gasteiger partial charge on any atom is -0.493 e. The first kappa shape index (κ1) is 13.9. The largest absolute Gasteiger partial charge is 0.493 e. The maximum absolute atomic E-state index is 13.2. The van der Waals surface area contributed by atoms with Crippen LogP contribution in [0.2, 0.25) is 0 Å². The normalized spacial score (nSPS) is 10.2. The number of hydrogen-bond acceptors (Lipinski definition) is 4. The summed E-state index contributed by atoms with van der Waals surface area (Å²) in [6.45, 7) is 0.364. The third kappa shape index (κ3) is 4.01. The summed E-state index contributed by atoms with van der Waals surface area (Å²) < 4.78 is 18.5. The third-order valence-electron chi connectivity index (χ3n) is 2.69. The van der Waals surface area contributed by atoms with Gasteiger partial charge in [0.15, 0.2) is 0 Å². The van der Waals surface area contributed by atoms with Crippen LogP contribution in [-0.4, -0.2) is 16.5 Å². The van der Waals surface area contributed by atoms with E-state index in [-0.39, 0.29) is 11.4 Å². The fourth-order valence-corrected chi connectivity index (χ4v) is 1.75. The van der Waals surface area contributed by atoms with Crippen LogP contribution in [0.5, 0.6) is 5.75 Å². The first-order chi connectivity index (χ1) is 9.65. The summed E-state index contributed by atoms with van der Waals surface area (Å²) in [5, 5.41) is 10.6. The molecule has 0 saturated heterocycles. The molecular weight excluding hydrogens is 263 g/mol. The van der Waals surface area contributed by atoms with Crippen molar-refractivity contribution in [3.05, 3.63) is 64.2 Å². The van der Waals surface area contributed by atoms with Crippen molar-refractivity contribution in [3.8, 4) is 5.75 Å². The molecule has 0 spiro atoms. The number of ether oxygens (including phenoxy) is 1. The molecule has 2 rings (SSSR count). The molecule has 0 amide bonds. The van der Waals surface area contributed by atoms with Gasteiger partial charge in [-0.25, -0.2) is 4.39 Å². The number of pyridine rings is 1. The van der Waals surface area contributed by atoms with Crippen LogP contribution >= 0.6 is 0 Å². The Morgan fingerprint density at radius 3 is 2.70 bits per heavy atom. The number of aromatic nitrogens is 1. The lowest BCUT2D eigenvalue weighted by Gasteiger charge is -2.06. The number of non-ortho nitro benzene ring substituents is 1. The van der Waals surface area contributed by atoms with Gasteiger partial charge in [-0.05, 0) is 30.5 Å². The molecule has 1 aromatic carbocycles. The lowest BCUT2D eigenvalue weighted by Crippen LogP contribution is -2.00. The molecule has 0 aliphatic rings. The quantitative estimate of drug-likeness (QED) is 0.462. The minimum atomic E-state index is -0.677. The van der Waals surface area contributed by atoms with Crippen molar-refractivity contribution in [3.63, 3.8) is 0 Å². The average Bonchev–Trinajstić information content (AvgIpc) is 2.44. The molecule has 104 valence electrons. The average molecular weight is 276 g/mol. The molecule has 0 aliphatic carbocycles. The van der Waals surface area contributed by atoms with Crippen LogP contribution in [0, 0.1) is 15.9 Å².